The normalized spacial score (nSPS) is 17.4. The van der Waals surface area contributed by atoms with Gasteiger partial charge in [0.1, 0.15) is 11.5 Å². The topological polar surface area (TPSA) is 117 Å². The van der Waals surface area contributed by atoms with E-state index in [1.165, 1.54) is 4.31 Å². The molecule has 0 bridgehead atoms. The summed E-state index contributed by atoms with van der Waals surface area (Å²) in [5.41, 5.74) is 3.88. The predicted molar refractivity (Wildman–Crippen MR) is 179 cm³/mol. The van der Waals surface area contributed by atoms with Gasteiger partial charge in [-0.3, -0.25) is 9.10 Å². The molecular weight excluding hydrogens is 614 g/mol. The Morgan fingerprint density at radius 1 is 0.956 bits per heavy atom. The lowest BCUT2D eigenvalue weighted by atomic mass is 9.94. The Kier molecular flexibility index (Phi) is 12.1. The van der Waals surface area contributed by atoms with Crippen LogP contribution in [-0.4, -0.2) is 64.6 Å². The second-order valence-corrected chi connectivity index (χ2v) is 13.7. The van der Waals surface area contributed by atoms with Gasteiger partial charge in [-0.25, -0.2) is 8.42 Å². The first-order chi connectivity index (χ1) is 21.3. The molecule has 0 aromatic heterocycles. The minimum atomic E-state index is -3.40. The smallest absolute Gasteiger partial charge is 0.251 e. The third kappa shape index (κ3) is 8.91. The van der Waals surface area contributed by atoms with Crippen molar-refractivity contribution in [2.75, 3.05) is 37.4 Å². The summed E-state index contributed by atoms with van der Waals surface area (Å²) in [6, 6.07) is 20.3. The molecule has 1 amide bonds. The highest BCUT2D eigenvalue weighted by atomic mass is 35.5. The lowest BCUT2D eigenvalue weighted by Gasteiger charge is -2.26. The van der Waals surface area contributed by atoms with Crippen LogP contribution >= 0.6 is 12.4 Å². The Balaban J connectivity index is 0.00000461. The van der Waals surface area contributed by atoms with E-state index in [1.807, 2.05) is 54.6 Å². The number of nitrogens with one attached hydrogen (secondary N) is 2. The Bertz CT molecular complexity index is 1510. The molecule has 2 fully saturated rings. The lowest BCUT2D eigenvalue weighted by Crippen LogP contribution is -2.48. The maximum absolute atomic E-state index is 13.8. The number of ether oxygens (including phenoxy) is 2. The van der Waals surface area contributed by atoms with E-state index in [0.29, 0.717) is 54.6 Å². The van der Waals surface area contributed by atoms with Crippen molar-refractivity contribution >= 4 is 34.0 Å². The number of aliphatic hydroxyl groups excluding tert-OH is 1. The van der Waals surface area contributed by atoms with Crippen molar-refractivity contribution < 1.29 is 27.8 Å². The van der Waals surface area contributed by atoms with Gasteiger partial charge >= 0.3 is 0 Å². The van der Waals surface area contributed by atoms with Crippen LogP contribution in [0.4, 0.5) is 5.69 Å². The number of carbonyl (C=O) groups is 1. The number of halogens is 1. The molecule has 244 valence electrons. The fourth-order valence-electron chi connectivity index (χ4n) is 6.21. The third-order valence-electron chi connectivity index (χ3n) is 8.59. The van der Waals surface area contributed by atoms with Crippen molar-refractivity contribution in [1.82, 2.24) is 10.6 Å². The van der Waals surface area contributed by atoms with Crippen molar-refractivity contribution in [3.63, 3.8) is 0 Å². The Labute approximate surface area is 272 Å². The number of sulfonamides is 1. The van der Waals surface area contributed by atoms with E-state index in [-0.39, 0.29) is 30.6 Å². The molecule has 2 aliphatic rings. The van der Waals surface area contributed by atoms with Crippen LogP contribution in [0.15, 0.2) is 66.7 Å². The van der Waals surface area contributed by atoms with Gasteiger partial charge in [-0.15, -0.1) is 12.4 Å². The number of nitrogens with zero attached hydrogens (tertiary/aromatic N) is 1. The van der Waals surface area contributed by atoms with E-state index in [9.17, 15) is 18.3 Å². The number of hydrogen-bond donors (Lipinski definition) is 3. The highest BCUT2D eigenvalue weighted by Crippen LogP contribution is 2.37. The molecule has 45 heavy (non-hydrogen) atoms. The molecule has 1 saturated heterocycles. The summed E-state index contributed by atoms with van der Waals surface area (Å²) in [7, 11) is -0.204. The highest BCUT2D eigenvalue weighted by Gasteiger charge is 2.31. The van der Waals surface area contributed by atoms with Gasteiger partial charge in [0.05, 0.1) is 37.8 Å². The number of benzene rings is 3. The molecule has 3 N–H and O–H groups in total. The number of carbonyl (C=O) groups excluding carboxylic acids is 1. The van der Waals surface area contributed by atoms with Crippen LogP contribution < -0.4 is 24.4 Å². The Morgan fingerprint density at radius 2 is 1.64 bits per heavy atom. The van der Waals surface area contributed by atoms with Gasteiger partial charge in [-0.1, -0.05) is 43.2 Å². The predicted octanol–water partition coefficient (Wildman–Crippen LogP) is 4.81. The van der Waals surface area contributed by atoms with E-state index in [0.717, 1.165) is 42.4 Å². The number of rotatable bonds is 13. The zero-order chi connectivity index (χ0) is 31.1. The van der Waals surface area contributed by atoms with Gasteiger partial charge in [0.15, 0.2) is 0 Å². The van der Waals surface area contributed by atoms with Crippen LogP contribution in [0.3, 0.4) is 0 Å². The molecule has 1 saturated carbocycles. The first-order valence-corrected chi connectivity index (χ1v) is 17.0. The molecule has 1 aliphatic carbocycles. The van der Waals surface area contributed by atoms with Crippen LogP contribution in [-0.2, 0) is 23.0 Å². The minimum absolute atomic E-state index is 0. The van der Waals surface area contributed by atoms with Gasteiger partial charge in [-0.05, 0) is 78.6 Å². The molecule has 2 atom stereocenters. The molecule has 9 nitrogen and oxygen atoms in total. The van der Waals surface area contributed by atoms with Crippen LogP contribution in [0.25, 0.3) is 0 Å². The Hall–Kier alpha value is -3.31. The fourth-order valence-corrected chi connectivity index (χ4v) is 7.76. The molecule has 1 aliphatic heterocycles. The van der Waals surface area contributed by atoms with Gasteiger partial charge < -0.3 is 25.2 Å². The first-order valence-electron chi connectivity index (χ1n) is 15.4. The molecule has 5 rings (SSSR count). The zero-order valence-corrected chi connectivity index (χ0v) is 27.5. The molecular formula is C34H44ClN3O6S. The second-order valence-electron chi connectivity index (χ2n) is 11.7. The summed E-state index contributed by atoms with van der Waals surface area (Å²) in [5.74, 6) is 1.44. The van der Waals surface area contributed by atoms with E-state index >= 15 is 0 Å². The van der Waals surface area contributed by atoms with E-state index in [1.54, 1.807) is 26.4 Å². The van der Waals surface area contributed by atoms with Crippen molar-refractivity contribution in [3.05, 3.63) is 89.0 Å². The van der Waals surface area contributed by atoms with Crippen molar-refractivity contribution in [2.45, 2.75) is 63.1 Å². The van der Waals surface area contributed by atoms with Crippen LogP contribution in [0, 0.1) is 0 Å². The molecule has 3 aromatic carbocycles. The second kappa shape index (κ2) is 15.8. The van der Waals surface area contributed by atoms with Gasteiger partial charge in [0.25, 0.3) is 5.91 Å². The van der Waals surface area contributed by atoms with E-state index < -0.39 is 22.2 Å². The third-order valence-corrected chi connectivity index (χ3v) is 10.5. The van der Waals surface area contributed by atoms with Crippen molar-refractivity contribution in [3.8, 4) is 11.5 Å². The van der Waals surface area contributed by atoms with Crippen LogP contribution in [0.2, 0.25) is 0 Å². The molecule has 0 unspecified atom stereocenters. The molecule has 1 heterocycles. The minimum Gasteiger partial charge on any atom is -0.497 e. The largest absolute Gasteiger partial charge is 0.497 e. The van der Waals surface area contributed by atoms with Gasteiger partial charge in [-0.2, -0.15) is 0 Å². The summed E-state index contributed by atoms with van der Waals surface area (Å²) in [6.45, 7) is 1.11. The quantitative estimate of drug-likeness (QED) is 0.241. The Morgan fingerprint density at radius 3 is 2.27 bits per heavy atom. The van der Waals surface area contributed by atoms with Gasteiger partial charge in [0, 0.05) is 31.3 Å². The summed E-state index contributed by atoms with van der Waals surface area (Å²) >= 11 is 0. The summed E-state index contributed by atoms with van der Waals surface area (Å²) in [4.78, 5) is 13.8. The SMILES string of the molecule is COc1cc(CNC[C@@H](O)[C@H](Cc2ccccc2)NC(=O)c2cc(C3CCCC3)cc(N3CCCS3(=O)=O)c2)cc(OC)c1.Cl. The molecule has 3 aromatic rings. The standard InChI is InChI=1S/C34H43N3O6S.ClH/c1-42-30-15-25(16-31(21-30)43-2)22-35-23-33(38)32(17-24-9-4-3-5-10-24)36-34(39)28-18-27(26-11-6-7-12-26)19-29(20-28)37-13-8-14-44(37,40)41;/h3-5,9-10,15-16,18-21,26,32-33,35,38H,6-8,11-14,17,22-23H2,1-2H3,(H,36,39);1H/t32-,33+;/m0./s1. The maximum atomic E-state index is 13.8. The molecule has 0 radical (unpaired) electrons. The van der Waals surface area contributed by atoms with Crippen molar-refractivity contribution in [2.24, 2.45) is 0 Å². The van der Waals surface area contributed by atoms with Gasteiger partial charge in [0.2, 0.25) is 10.0 Å². The maximum Gasteiger partial charge on any atom is 0.251 e. The zero-order valence-electron chi connectivity index (χ0n) is 25.9. The highest BCUT2D eigenvalue weighted by molar-refractivity contribution is 7.93. The monoisotopic (exact) mass is 657 g/mol. The van der Waals surface area contributed by atoms with Crippen LogP contribution in [0.5, 0.6) is 11.5 Å². The molecule has 11 heteroatoms. The summed E-state index contributed by atoms with van der Waals surface area (Å²) in [5, 5.41) is 17.7. The number of methoxy groups -OCH3 is 2. The lowest BCUT2D eigenvalue weighted by molar-refractivity contribution is 0.0830. The number of anilines is 1. The first kappa shape index (κ1) is 34.6. The van der Waals surface area contributed by atoms with E-state index in [4.69, 9.17) is 9.47 Å². The average molecular weight is 658 g/mol. The summed E-state index contributed by atoms with van der Waals surface area (Å²) in [6.07, 6.45) is 4.40. The van der Waals surface area contributed by atoms with Crippen LogP contribution in [0.1, 0.15) is 65.1 Å². The summed E-state index contributed by atoms with van der Waals surface area (Å²) < 4.78 is 37.8. The van der Waals surface area contributed by atoms with Crippen molar-refractivity contribution in [1.29, 1.82) is 0 Å². The fraction of sp³-hybridized carbons (Fsp3) is 0.441. The number of hydrogen-bond acceptors (Lipinski definition) is 7. The number of aliphatic hydroxyl groups is 1. The van der Waals surface area contributed by atoms with E-state index in [2.05, 4.69) is 10.6 Å². The molecule has 0 spiro atoms. The average Bonchev–Trinajstić information content (AvgIpc) is 3.70. The number of amides is 1.